The Morgan fingerprint density at radius 3 is 2.23 bits per heavy atom. The molecule has 2 amide bonds. The molecule has 0 spiro atoms. The molecule has 6 nitrogen and oxygen atoms in total. The molecule has 2 heterocycles. The van der Waals surface area contributed by atoms with Crippen molar-refractivity contribution < 1.29 is 14.0 Å². The number of benzene rings is 4. The van der Waals surface area contributed by atoms with Gasteiger partial charge in [0, 0.05) is 57.1 Å². The first kappa shape index (κ1) is 31.1. The lowest BCUT2D eigenvalue weighted by molar-refractivity contribution is -0.125. The summed E-state index contributed by atoms with van der Waals surface area (Å²) >= 11 is 0. The van der Waals surface area contributed by atoms with Crippen LogP contribution in [0, 0.1) is 5.82 Å². The Bertz CT molecular complexity index is 1730. The van der Waals surface area contributed by atoms with Gasteiger partial charge in [0.15, 0.2) is 0 Å². The molecule has 0 atom stereocenters. The van der Waals surface area contributed by atoms with Gasteiger partial charge < -0.3 is 15.1 Å². The van der Waals surface area contributed by atoms with Gasteiger partial charge in [-0.25, -0.2) is 4.39 Å². The molecule has 2 aliphatic heterocycles. The minimum atomic E-state index is -0.654. The van der Waals surface area contributed by atoms with Crippen LogP contribution in [0.1, 0.15) is 58.8 Å². The second kappa shape index (κ2) is 13.3. The number of rotatable bonds is 10. The third kappa shape index (κ3) is 5.93. The van der Waals surface area contributed by atoms with Crippen molar-refractivity contribution in [3.05, 3.63) is 125 Å². The van der Waals surface area contributed by atoms with E-state index in [9.17, 15) is 14.0 Å². The Kier molecular flexibility index (Phi) is 8.82. The lowest BCUT2D eigenvalue weighted by Crippen LogP contribution is -2.47. The summed E-state index contributed by atoms with van der Waals surface area (Å²) in [6.07, 6.45) is 3.58. The Hall–Kier alpha value is -4.49. The molecule has 0 bridgehead atoms. The van der Waals surface area contributed by atoms with E-state index in [1.54, 1.807) is 6.07 Å². The molecule has 4 aromatic rings. The highest BCUT2D eigenvalue weighted by atomic mass is 19.1. The van der Waals surface area contributed by atoms with Crippen molar-refractivity contribution in [2.75, 3.05) is 50.7 Å². The number of anilines is 1. The zero-order valence-corrected chi connectivity index (χ0v) is 27.2. The minimum absolute atomic E-state index is 0.0221. The molecule has 7 rings (SSSR count). The number of unbranched alkanes of at least 4 members (excludes halogenated alkanes) is 1. The van der Waals surface area contributed by atoms with Crippen LogP contribution in [-0.2, 0) is 23.2 Å². The highest BCUT2D eigenvalue weighted by Crippen LogP contribution is 2.51. The number of carbonyl (C=O) groups is 2. The fourth-order valence-corrected chi connectivity index (χ4v) is 7.93. The number of fused-ring (bicyclic) bond motifs is 4. The first-order valence-corrected chi connectivity index (χ1v) is 17.1. The van der Waals surface area contributed by atoms with Crippen LogP contribution in [0.4, 0.5) is 10.1 Å². The highest BCUT2D eigenvalue weighted by molar-refractivity contribution is 6.00. The van der Waals surface area contributed by atoms with Crippen LogP contribution >= 0.6 is 0 Å². The SMILES string of the molecule is CCNC(=O)C1(CCCCN2CCN(c3ccc4c(c3)C(=O)N(Cc3cccc(F)c3)CC4)CC2)c2ccccc2-c2ccccc21. The Labute approximate surface area is 277 Å². The topological polar surface area (TPSA) is 55.9 Å². The van der Waals surface area contributed by atoms with Gasteiger partial charge in [0.25, 0.3) is 5.91 Å². The standard InChI is InChI=1S/C40H43FN4O2/c1-2-42-39(47)40(36-14-5-3-12-33(36)34-13-4-6-15-37(34)40)19-7-8-20-43-22-24-44(25-23-43)32-17-16-30-18-21-45(38(46)35(30)27-32)28-29-10-9-11-31(41)26-29/h3-6,9-17,26-27H,2,7-8,18-25,28H2,1H3,(H,42,47). The number of nitrogens with zero attached hydrogens (tertiary/aromatic N) is 3. The van der Waals surface area contributed by atoms with Gasteiger partial charge in [0.1, 0.15) is 11.2 Å². The summed E-state index contributed by atoms with van der Waals surface area (Å²) < 4.78 is 13.7. The summed E-state index contributed by atoms with van der Waals surface area (Å²) in [5, 5.41) is 3.17. The Morgan fingerprint density at radius 2 is 1.53 bits per heavy atom. The van der Waals surface area contributed by atoms with E-state index in [0.717, 1.165) is 91.9 Å². The van der Waals surface area contributed by atoms with Crippen LogP contribution in [0.5, 0.6) is 0 Å². The number of likely N-dealkylation sites (N-methyl/N-ethyl adjacent to an activating group) is 1. The van der Waals surface area contributed by atoms with E-state index in [-0.39, 0.29) is 17.6 Å². The molecule has 4 aromatic carbocycles. The van der Waals surface area contributed by atoms with E-state index < -0.39 is 5.41 Å². The Balaban J connectivity index is 0.960. The molecular formula is C40H43FN4O2. The molecule has 7 heteroatoms. The number of carbonyl (C=O) groups excluding carboxylic acids is 2. The maximum absolute atomic E-state index is 13.8. The van der Waals surface area contributed by atoms with Gasteiger partial charge in [-0.3, -0.25) is 14.5 Å². The normalized spacial score (nSPS) is 16.9. The summed E-state index contributed by atoms with van der Waals surface area (Å²) in [7, 11) is 0. The molecule has 1 saturated heterocycles. The lowest BCUT2D eigenvalue weighted by Gasteiger charge is -2.37. The van der Waals surface area contributed by atoms with E-state index >= 15 is 0 Å². The quantitative estimate of drug-likeness (QED) is 0.206. The van der Waals surface area contributed by atoms with E-state index in [4.69, 9.17) is 0 Å². The summed E-state index contributed by atoms with van der Waals surface area (Å²) in [6, 6.07) is 29.6. The van der Waals surface area contributed by atoms with E-state index in [1.165, 1.54) is 23.3 Å². The maximum atomic E-state index is 13.8. The molecule has 0 aromatic heterocycles. The predicted molar refractivity (Wildman–Crippen MR) is 185 cm³/mol. The summed E-state index contributed by atoms with van der Waals surface area (Å²) in [6.45, 7) is 8.40. The van der Waals surface area contributed by atoms with Crippen molar-refractivity contribution in [2.24, 2.45) is 0 Å². The van der Waals surface area contributed by atoms with Gasteiger partial charge in [0.05, 0.1) is 0 Å². The molecule has 0 saturated carbocycles. The molecule has 1 aliphatic carbocycles. The number of halogens is 1. The number of hydrogen-bond acceptors (Lipinski definition) is 4. The fraction of sp³-hybridized carbons (Fsp3) is 0.350. The van der Waals surface area contributed by atoms with E-state index in [0.29, 0.717) is 19.6 Å². The van der Waals surface area contributed by atoms with Crippen molar-refractivity contribution in [3.63, 3.8) is 0 Å². The van der Waals surface area contributed by atoms with Crippen LogP contribution in [-0.4, -0.2) is 67.4 Å². The molecule has 3 aliphatic rings. The first-order chi connectivity index (χ1) is 23.0. The molecule has 1 fully saturated rings. The van der Waals surface area contributed by atoms with E-state index in [2.05, 4.69) is 81.8 Å². The van der Waals surface area contributed by atoms with Crippen molar-refractivity contribution in [3.8, 4) is 11.1 Å². The lowest BCUT2D eigenvalue weighted by atomic mass is 9.73. The monoisotopic (exact) mass is 630 g/mol. The average molecular weight is 631 g/mol. The largest absolute Gasteiger partial charge is 0.369 e. The Morgan fingerprint density at radius 1 is 0.809 bits per heavy atom. The van der Waals surface area contributed by atoms with Gasteiger partial charge >= 0.3 is 0 Å². The van der Waals surface area contributed by atoms with Gasteiger partial charge in [-0.2, -0.15) is 0 Å². The fourth-order valence-electron chi connectivity index (χ4n) is 7.93. The molecule has 47 heavy (non-hydrogen) atoms. The second-order valence-electron chi connectivity index (χ2n) is 13.1. The molecule has 0 unspecified atom stereocenters. The summed E-state index contributed by atoms with van der Waals surface area (Å²) in [5.41, 5.74) is 7.70. The van der Waals surface area contributed by atoms with Crippen LogP contribution in [0.15, 0.2) is 91.0 Å². The van der Waals surface area contributed by atoms with Crippen molar-refractivity contribution in [2.45, 2.75) is 44.6 Å². The zero-order chi connectivity index (χ0) is 32.4. The third-order valence-electron chi connectivity index (χ3n) is 10.3. The number of piperazine rings is 1. The van der Waals surface area contributed by atoms with Crippen molar-refractivity contribution >= 4 is 17.5 Å². The third-order valence-corrected chi connectivity index (χ3v) is 10.3. The number of hydrogen-bond donors (Lipinski definition) is 1. The predicted octanol–water partition coefficient (Wildman–Crippen LogP) is 6.42. The molecule has 1 N–H and O–H groups in total. The van der Waals surface area contributed by atoms with Crippen molar-refractivity contribution in [1.82, 2.24) is 15.1 Å². The van der Waals surface area contributed by atoms with Gasteiger partial charge in [-0.15, -0.1) is 0 Å². The van der Waals surface area contributed by atoms with Crippen LogP contribution in [0.2, 0.25) is 0 Å². The number of amides is 2. The average Bonchev–Trinajstić information content (AvgIpc) is 3.39. The summed E-state index contributed by atoms with van der Waals surface area (Å²) in [5.74, 6) is -0.150. The van der Waals surface area contributed by atoms with E-state index in [1.807, 2.05) is 17.9 Å². The van der Waals surface area contributed by atoms with Crippen LogP contribution in [0.3, 0.4) is 0 Å². The zero-order valence-electron chi connectivity index (χ0n) is 27.2. The van der Waals surface area contributed by atoms with Crippen LogP contribution in [0.25, 0.3) is 11.1 Å². The molecule has 0 radical (unpaired) electrons. The second-order valence-corrected chi connectivity index (χ2v) is 13.1. The number of nitrogens with one attached hydrogen (secondary N) is 1. The molecular weight excluding hydrogens is 587 g/mol. The first-order valence-electron chi connectivity index (χ1n) is 17.1. The summed E-state index contributed by atoms with van der Waals surface area (Å²) in [4.78, 5) is 34.0. The minimum Gasteiger partial charge on any atom is -0.369 e. The maximum Gasteiger partial charge on any atom is 0.254 e. The van der Waals surface area contributed by atoms with Gasteiger partial charge in [-0.05, 0) is 90.4 Å². The van der Waals surface area contributed by atoms with Crippen LogP contribution < -0.4 is 10.2 Å². The highest BCUT2D eigenvalue weighted by Gasteiger charge is 2.48. The molecule has 242 valence electrons. The van der Waals surface area contributed by atoms with Gasteiger partial charge in [-0.1, -0.05) is 73.2 Å². The van der Waals surface area contributed by atoms with Gasteiger partial charge in [0.2, 0.25) is 5.91 Å². The smallest absolute Gasteiger partial charge is 0.254 e. The van der Waals surface area contributed by atoms with Crippen molar-refractivity contribution in [1.29, 1.82) is 0 Å².